The Balaban J connectivity index is 1.98. The maximum Gasteiger partial charge on any atom is 0.357 e. The summed E-state index contributed by atoms with van der Waals surface area (Å²) in [7, 11) is 1.54. The largest absolute Gasteiger partial charge is 0.497 e. The van der Waals surface area contributed by atoms with Crippen LogP contribution in [0.3, 0.4) is 0 Å². The third-order valence-electron chi connectivity index (χ3n) is 4.13. The SMILES string of the molecule is COc1ccc(NC(=O)C(C)n2nc(C(=O)O)c3ccccc3c2=O)cc1. The molecule has 3 aromatic rings. The molecule has 0 fully saturated rings. The number of fused-ring (bicyclic) bond motifs is 1. The molecule has 1 atom stereocenters. The molecule has 27 heavy (non-hydrogen) atoms. The molecular weight excluding hydrogens is 350 g/mol. The molecule has 0 aliphatic rings. The standard InChI is InChI=1S/C19H17N3O5/c1-11(17(23)20-12-7-9-13(27-2)10-8-12)22-18(24)15-6-4-3-5-14(15)16(21-22)19(25)26/h3-11H,1-2H3,(H,20,23)(H,25,26). The highest BCUT2D eigenvalue weighted by atomic mass is 16.5. The number of rotatable bonds is 5. The topological polar surface area (TPSA) is 111 Å². The summed E-state index contributed by atoms with van der Waals surface area (Å²) in [6.07, 6.45) is 0. The number of methoxy groups -OCH3 is 1. The number of carboxylic acids is 1. The summed E-state index contributed by atoms with van der Waals surface area (Å²) >= 11 is 0. The lowest BCUT2D eigenvalue weighted by atomic mass is 10.1. The van der Waals surface area contributed by atoms with Gasteiger partial charge in [0.1, 0.15) is 11.8 Å². The predicted molar refractivity (Wildman–Crippen MR) is 99.3 cm³/mol. The van der Waals surface area contributed by atoms with Gasteiger partial charge >= 0.3 is 5.97 Å². The Morgan fingerprint density at radius 3 is 2.33 bits per heavy atom. The lowest BCUT2D eigenvalue weighted by Gasteiger charge is -2.16. The number of hydrogen-bond donors (Lipinski definition) is 2. The Morgan fingerprint density at radius 1 is 1.11 bits per heavy atom. The minimum Gasteiger partial charge on any atom is -0.497 e. The van der Waals surface area contributed by atoms with Gasteiger partial charge in [0.2, 0.25) is 5.91 Å². The van der Waals surface area contributed by atoms with E-state index in [-0.39, 0.29) is 16.5 Å². The second kappa shape index (κ2) is 7.28. The number of ether oxygens (including phenoxy) is 1. The first-order valence-electron chi connectivity index (χ1n) is 8.12. The fraction of sp³-hybridized carbons (Fsp3) is 0.158. The number of aromatic nitrogens is 2. The van der Waals surface area contributed by atoms with Gasteiger partial charge in [-0.15, -0.1) is 0 Å². The summed E-state index contributed by atoms with van der Waals surface area (Å²) in [6.45, 7) is 1.48. The number of anilines is 1. The zero-order chi connectivity index (χ0) is 19.6. The van der Waals surface area contributed by atoms with E-state index in [1.807, 2.05) is 0 Å². The Hall–Kier alpha value is -3.68. The Kier molecular flexibility index (Phi) is 4.89. The monoisotopic (exact) mass is 367 g/mol. The van der Waals surface area contributed by atoms with Crippen molar-refractivity contribution in [2.45, 2.75) is 13.0 Å². The van der Waals surface area contributed by atoms with Gasteiger partial charge in [-0.05, 0) is 37.3 Å². The minimum atomic E-state index is -1.28. The molecule has 2 N–H and O–H groups in total. The summed E-state index contributed by atoms with van der Waals surface area (Å²) < 4.78 is 5.95. The zero-order valence-corrected chi connectivity index (χ0v) is 14.7. The van der Waals surface area contributed by atoms with Crippen molar-refractivity contribution in [3.8, 4) is 5.75 Å². The average Bonchev–Trinajstić information content (AvgIpc) is 2.68. The molecule has 8 nitrogen and oxygen atoms in total. The molecule has 1 heterocycles. The van der Waals surface area contributed by atoms with Crippen molar-refractivity contribution >= 4 is 28.3 Å². The summed E-state index contributed by atoms with van der Waals surface area (Å²) in [5.74, 6) is -1.14. The van der Waals surface area contributed by atoms with E-state index in [4.69, 9.17) is 4.74 Å². The third-order valence-corrected chi connectivity index (χ3v) is 4.13. The van der Waals surface area contributed by atoms with Gasteiger partial charge in [0.05, 0.1) is 12.5 Å². The highest BCUT2D eigenvalue weighted by Gasteiger charge is 2.22. The molecule has 1 amide bonds. The van der Waals surface area contributed by atoms with Gasteiger partial charge in [0.15, 0.2) is 5.69 Å². The van der Waals surface area contributed by atoms with E-state index in [0.29, 0.717) is 11.4 Å². The number of carboxylic acid groups (broad SMARTS) is 1. The van der Waals surface area contributed by atoms with Crippen LogP contribution in [0.4, 0.5) is 5.69 Å². The number of aromatic carboxylic acids is 1. The minimum absolute atomic E-state index is 0.189. The van der Waals surface area contributed by atoms with Gasteiger partial charge in [-0.2, -0.15) is 5.10 Å². The molecule has 0 aliphatic carbocycles. The molecule has 1 aromatic heterocycles. The quantitative estimate of drug-likeness (QED) is 0.716. The number of benzene rings is 2. The number of amides is 1. The number of carbonyl (C=O) groups excluding carboxylic acids is 1. The predicted octanol–water partition coefficient (Wildman–Crippen LogP) is 2.30. The summed E-state index contributed by atoms with van der Waals surface area (Å²) in [5.41, 5.74) is -0.303. The first-order valence-corrected chi connectivity index (χ1v) is 8.12. The lowest BCUT2D eigenvalue weighted by Crippen LogP contribution is -2.34. The summed E-state index contributed by atoms with van der Waals surface area (Å²) in [5, 5.41) is 16.4. The summed E-state index contributed by atoms with van der Waals surface area (Å²) in [6, 6.07) is 11.9. The fourth-order valence-electron chi connectivity index (χ4n) is 2.66. The molecule has 0 saturated heterocycles. The molecule has 0 saturated carbocycles. The molecule has 8 heteroatoms. The highest BCUT2D eigenvalue weighted by Crippen LogP contribution is 2.18. The van der Waals surface area contributed by atoms with Crippen molar-refractivity contribution in [3.05, 3.63) is 64.6 Å². The van der Waals surface area contributed by atoms with E-state index in [1.165, 1.54) is 26.2 Å². The van der Waals surface area contributed by atoms with Crippen LogP contribution in [0.1, 0.15) is 23.5 Å². The van der Waals surface area contributed by atoms with Crippen molar-refractivity contribution in [2.24, 2.45) is 0 Å². The van der Waals surface area contributed by atoms with Crippen LogP contribution in [0.5, 0.6) is 5.75 Å². The van der Waals surface area contributed by atoms with E-state index in [1.54, 1.807) is 36.4 Å². The highest BCUT2D eigenvalue weighted by molar-refractivity contribution is 6.01. The van der Waals surface area contributed by atoms with Gasteiger partial charge in [-0.25, -0.2) is 9.48 Å². The molecule has 0 radical (unpaired) electrons. The van der Waals surface area contributed by atoms with Gasteiger partial charge in [-0.1, -0.05) is 18.2 Å². The van der Waals surface area contributed by atoms with Crippen LogP contribution in [0, 0.1) is 0 Å². The Bertz CT molecular complexity index is 1070. The number of hydrogen-bond acceptors (Lipinski definition) is 5. The average molecular weight is 367 g/mol. The Labute approximate surface area is 154 Å². The van der Waals surface area contributed by atoms with E-state index in [9.17, 15) is 19.5 Å². The summed E-state index contributed by atoms with van der Waals surface area (Å²) in [4.78, 5) is 36.8. The lowest BCUT2D eigenvalue weighted by molar-refractivity contribution is -0.119. The van der Waals surface area contributed by atoms with Crippen LogP contribution in [-0.2, 0) is 4.79 Å². The van der Waals surface area contributed by atoms with Crippen LogP contribution in [0.15, 0.2) is 53.3 Å². The van der Waals surface area contributed by atoms with E-state index in [0.717, 1.165) is 4.68 Å². The van der Waals surface area contributed by atoms with Crippen molar-refractivity contribution in [2.75, 3.05) is 12.4 Å². The molecule has 138 valence electrons. The van der Waals surface area contributed by atoms with Crippen molar-refractivity contribution < 1.29 is 19.4 Å². The van der Waals surface area contributed by atoms with E-state index >= 15 is 0 Å². The van der Waals surface area contributed by atoms with E-state index in [2.05, 4.69) is 10.4 Å². The van der Waals surface area contributed by atoms with Gasteiger partial charge in [-0.3, -0.25) is 9.59 Å². The Morgan fingerprint density at radius 2 is 1.74 bits per heavy atom. The number of carbonyl (C=O) groups is 2. The van der Waals surface area contributed by atoms with Crippen molar-refractivity contribution in [1.82, 2.24) is 9.78 Å². The molecule has 0 bridgehead atoms. The first-order chi connectivity index (χ1) is 12.9. The smallest absolute Gasteiger partial charge is 0.357 e. The second-order valence-electron chi connectivity index (χ2n) is 5.84. The number of nitrogens with zero attached hydrogens (tertiary/aromatic N) is 2. The van der Waals surface area contributed by atoms with E-state index < -0.39 is 23.5 Å². The fourth-order valence-corrected chi connectivity index (χ4v) is 2.66. The van der Waals surface area contributed by atoms with Crippen LogP contribution < -0.4 is 15.6 Å². The normalized spacial score (nSPS) is 11.8. The number of nitrogens with one attached hydrogen (secondary N) is 1. The van der Waals surface area contributed by atoms with Gasteiger partial charge in [0, 0.05) is 11.1 Å². The maximum atomic E-state index is 12.7. The van der Waals surface area contributed by atoms with Crippen LogP contribution >= 0.6 is 0 Å². The molecular formula is C19H17N3O5. The second-order valence-corrected chi connectivity index (χ2v) is 5.84. The zero-order valence-electron chi connectivity index (χ0n) is 14.7. The molecule has 0 spiro atoms. The van der Waals surface area contributed by atoms with Crippen molar-refractivity contribution in [3.63, 3.8) is 0 Å². The van der Waals surface area contributed by atoms with Crippen molar-refractivity contribution in [1.29, 1.82) is 0 Å². The molecule has 1 unspecified atom stereocenters. The molecule has 3 rings (SSSR count). The van der Waals surface area contributed by atoms with Gasteiger partial charge in [0.25, 0.3) is 5.56 Å². The first kappa shape index (κ1) is 18.1. The molecule has 2 aromatic carbocycles. The maximum absolute atomic E-state index is 12.7. The molecule has 0 aliphatic heterocycles. The van der Waals surface area contributed by atoms with Crippen LogP contribution in [0.2, 0.25) is 0 Å². The van der Waals surface area contributed by atoms with Crippen LogP contribution in [0.25, 0.3) is 10.8 Å². The third kappa shape index (κ3) is 3.50. The van der Waals surface area contributed by atoms with Gasteiger partial charge < -0.3 is 15.2 Å². The van der Waals surface area contributed by atoms with Crippen LogP contribution in [-0.4, -0.2) is 33.9 Å².